The molecule has 118 valence electrons. The van der Waals surface area contributed by atoms with Gasteiger partial charge in [0, 0.05) is 31.9 Å². The van der Waals surface area contributed by atoms with Crippen molar-refractivity contribution in [1.29, 1.82) is 0 Å². The average molecular weight is 304 g/mol. The summed E-state index contributed by atoms with van der Waals surface area (Å²) in [6, 6.07) is 5.71. The molecule has 0 aromatic heterocycles. The van der Waals surface area contributed by atoms with Crippen molar-refractivity contribution >= 4 is 5.69 Å². The normalized spacial score (nSPS) is 16.1. The summed E-state index contributed by atoms with van der Waals surface area (Å²) in [6.07, 6.45) is -4.61. The number of halogens is 3. The second kappa shape index (κ2) is 7.00. The Balaban J connectivity index is 1.87. The summed E-state index contributed by atoms with van der Waals surface area (Å²) < 4.78 is 44.5. The van der Waals surface area contributed by atoms with Gasteiger partial charge in [0.25, 0.3) is 0 Å². The monoisotopic (exact) mass is 304 g/mol. The highest BCUT2D eigenvalue weighted by Crippen LogP contribution is 2.25. The van der Waals surface area contributed by atoms with Crippen LogP contribution >= 0.6 is 0 Å². The highest BCUT2D eigenvalue weighted by atomic mass is 19.4. The van der Waals surface area contributed by atoms with Crippen molar-refractivity contribution in [2.24, 2.45) is 0 Å². The molecule has 0 bridgehead atoms. The van der Waals surface area contributed by atoms with E-state index in [1.165, 1.54) is 0 Å². The van der Waals surface area contributed by atoms with Gasteiger partial charge in [-0.25, -0.2) is 0 Å². The summed E-state index contributed by atoms with van der Waals surface area (Å²) in [7, 11) is 0. The Labute approximate surface area is 121 Å². The molecular formula is C14H19F3N2O2. The molecule has 0 spiro atoms. The number of anilines is 1. The lowest BCUT2D eigenvalue weighted by molar-refractivity contribution is -0.325. The molecule has 4 nitrogen and oxygen atoms in total. The summed E-state index contributed by atoms with van der Waals surface area (Å²) in [6.45, 7) is 5.03. The first kappa shape index (κ1) is 15.9. The number of nitrogens with zero attached hydrogens (tertiary/aromatic N) is 1. The number of aryl methyl sites for hydroxylation is 1. The number of piperazine rings is 1. The molecule has 0 atom stereocenters. The first-order chi connectivity index (χ1) is 9.96. The van der Waals surface area contributed by atoms with Crippen LogP contribution < -0.4 is 15.0 Å². The van der Waals surface area contributed by atoms with Gasteiger partial charge < -0.3 is 15.0 Å². The highest BCUT2D eigenvalue weighted by Gasteiger charge is 2.28. The van der Waals surface area contributed by atoms with Gasteiger partial charge in [-0.3, -0.25) is 4.74 Å². The minimum atomic E-state index is -4.61. The minimum absolute atomic E-state index is 0.132. The Morgan fingerprint density at radius 2 is 1.90 bits per heavy atom. The Kier molecular flexibility index (Phi) is 5.30. The van der Waals surface area contributed by atoms with Gasteiger partial charge in [0.2, 0.25) is 0 Å². The molecule has 0 saturated carbocycles. The molecule has 1 aromatic rings. The van der Waals surface area contributed by atoms with Crippen molar-refractivity contribution in [3.8, 4) is 5.75 Å². The van der Waals surface area contributed by atoms with Gasteiger partial charge in [0.1, 0.15) is 12.4 Å². The number of nitrogens with one attached hydrogen (secondary N) is 1. The van der Waals surface area contributed by atoms with E-state index in [-0.39, 0.29) is 6.61 Å². The SMILES string of the molecule is Cc1cc(N2CCNCC2)ccc1OCCOC(F)(F)F. The van der Waals surface area contributed by atoms with Crippen molar-refractivity contribution in [1.82, 2.24) is 5.32 Å². The lowest BCUT2D eigenvalue weighted by Crippen LogP contribution is -2.43. The molecule has 2 rings (SSSR count). The van der Waals surface area contributed by atoms with Crippen molar-refractivity contribution in [2.75, 3.05) is 44.3 Å². The van der Waals surface area contributed by atoms with Crippen LogP contribution in [0.2, 0.25) is 0 Å². The van der Waals surface area contributed by atoms with E-state index in [9.17, 15) is 13.2 Å². The zero-order valence-corrected chi connectivity index (χ0v) is 11.9. The molecule has 21 heavy (non-hydrogen) atoms. The Hall–Kier alpha value is -1.47. The summed E-state index contributed by atoms with van der Waals surface area (Å²) in [4.78, 5) is 2.26. The number of hydrogen-bond acceptors (Lipinski definition) is 4. The van der Waals surface area contributed by atoms with Crippen molar-refractivity contribution in [3.63, 3.8) is 0 Å². The van der Waals surface area contributed by atoms with Crippen LogP contribution in [0.3, 0.4) is 0 Å². The van der Waals surface area contributed by atoms with Gasteiger partial charge in [-0.2, -0.15) is 0 Å². The van der Waals surface area contributed by atoms with Gasteiger partial charge in [0.15, 0.2) is 0 Å². The molecule has 1 fully saturated rings. The second-order valence-corrected chi connectivity index (χ2v) is 4.83. The lowest BCUT2D eigenvalue weighted by Gasteiger charge is -2.29. The number of benzene rings is 1. The molecule has 1 aliphatic heterocycles. The third kappa shape index (κ3) is 5.09. The van der Waals surface area contributed by atoms with Gasteiger partial charge >= 0.3 is 6.36 Å². The molecule has 0 unspecified atom stereocenters. The fourth-order valence-corrected chi connectivity index (χ4v) is 2.22. The molecule has 1 aliphatic rings. The first-order valence-electron chi connectivity index (χ1n) is 6.85. The van der Waals surface area contributed by atoms with Crippen LogP contribution in [0.15, 0.2) is 18.2 Å². The van der Waals surface area contributed by atoms with E-state index in [2.05, 4.69) is 15.0 Å². The van der Waals surface area contributed by atoms with Crippen molar-refractivity contribution in [3.05, 3.63) is 23.8 Å². The quantitative estimate of drug-likeness (QED) is 0.847. The molecular weight excluding hydrogens is 285 g/mol. The van der Waals surface area contributed by atoms with E-state index in [0.717, 1.165) is 37.4 Å². The number of hydrogen-bond donors (Lipinski definition) is 1. The third-order valence-corrected chi connectivity index (χ3v) is 3.25. The topological polar surface area (TPSA) is 33.7 Å². The van der Waals surface area contributed by atoms with E-state index in [1.54, 1.807) is 6.07 Å². The zero-order valence-electron chi connectivity index (χ0n) is 11.9. The van der Waals surface area contributed by atoms with Crippen LogP contribution in [0, 0.1) is 6.92 Å². The smallest absolute Gasteiger partial charge is 0.491 e. The van der Waals surface area contributed by atoms with Gasteiger partial charge in [-0.1, -0.05) is 0 Å². The summed E-state index contributed by atoms with van der Waals surface area (Å²) in [5.74, 6) is 0.583. The summed E-state index contributed by atoms with van der Waals surface area (Å²) in [5, 5.41) is 3.28. The minimum Gasteiger partial charge on any atom is -0.491 e. The maximum absolute atomic E-state index is 11.8. The molecule has 7 heteroatoms. The first-order valence-corrected chi connectivity index (χ1v) is 6.85. The molecule has 1 aromatic carbocycles. The van der Waals surface area contributed by atoms with Crippen LogP contribution in [0.1, 0.15) is 5.56 Å². The predicted octanol–water partition coefficient (Wildman–Crippen LogP) is 2.32. The van der Waals surface area contributed by atoms with E-state index in [1.807, 2.05) is 19.1 Å². The molecule has 1 heterocycles. The van der Waals surface area contributed by atoms with Crippen LogP contribution in [0.5, 0.6) is 5.75 Å². The van der Waals surface area contributed by atoms with Crippen LogP contribution in [0.25, 0.3) is 0 Å². The van der Waals surface area contributed by atoms with Gasteiger partial charge in [0.05, 0.1) is 6.61 Å². The van der Waals surface area contributed by atoms with Crippen molar-refractivity contribution < 1.29 is 22.6 Å². The highest BCUT2D eigenvalue weighted by molar-refractivity contribution is 5.53. The average Bonchev–Trinajstić information content (AvgIpc) is 2.45. The third-order valence-electron chi connectivity index (χ3n) is 3.25. The number of rotatable bonds is 5. The Morgan fingerprint density at radius 3 is 2.52 bits per heavy atom. The second-order valence-electron chi connectivity index (χ2n) is 4.83. The van der Waals surface area contributed by atoms with E-state index in [0.29, 0.717) is 5.75 Å². The fourth-order valence-electron chi connectivity index (χ4n) is 2.22. The van der Waals surface area contributed by atoms with E-state index >= 15 is 0 Å². The van der Waals surface area contributed by atoms with E-state index < -0.39 is 13.0 Å². The predicted molar refractivity (Wildman–Crippen MR) is 73.8 cm³/mol. The fraction of sp³-hybridized carbons (Fsp3) is 0.571. The molecule has 1 saturated heterocycles. The lowest BCUT2D eigenvalue weighted by atomic mass is 10.1. The summed E-state index contributed by atoms with van der Waals surface area (Å²) in [5.41, 5.74) is 2.01. The largest absolute Gasteiger partial charge is 0.522 e. The van der Waals surface area contributed by atoms with Crippen LogP contribution in [-0.2, 0) is 4.74 Å². The number of alkyl halides is 3. The molecule has 0 aliphatic carbocycles. The van der Waals surface area contributed by atoms with Gasteiger partial charge in [-0.15, -0.1) is 13.2 Å². The van der Waals surface area contributed by atoms with Crippen molar-refractivity contribution in [2.45, 2.75) is 13.3 Å². The maximum atomic E-state index is 11.8. The standard InChI is InChI=1S/C14H19F3N2O2/c1-11-10-12(19-6-4-18-5-7-19)2-3-13(11)20-8-9-21-14(15,16)17/h2-3,10,18H,4-9H2,1H3. The molecule has 1 N–H and O–H groups in total. The van der Waals surface area contributed by atoms with Gasteiger partial charge in [-0.05, 0) is 30.7 Å². The van der Waals surface area contributed by atoms with Crippen LogP contribution in [0.4, 0.5) is 18.9 Å². The molecule has 0 radical (unpaired) electrons. The molecule has 0 amide bonds. The van der Waals surface area contributed by atoms with E-state index in [4.69, 9.17) is 4.74 Å². The zero-order chi connectivity index (χ0) is 15.3. The Morgan fingerprint density at radius 1 is 1.19 bits per heavy atom. The summed E-state index contributed by atoms with van der Waals surface area (Å²) >= 11 is 0. The maximum Gasteiger partial charge on any atom is 0.522 e. The Bertz CT molecular complexity index is 460. The van der Waals surface area contributed by atoms with Crippen LogP contribution in [-0.4, -0.2) is 45.8 Å². The number of ether oxygens (including phenoxy) is 2.